The molecular formula is C14H8ClN3O3. The molecule has 2 heterocycles. The molecule has 1 aromatic carbocycles. The van der Waals surface area contributed by atoms with E-state index in [1.165, 1.54) is 24.5 Å². The van der Waals surface area contributed by atoms with E-state index in [0.717, 1.165) is 0 Å². The largest absolute Gasteiger partial charge is 0.456 e. The van der Waals surface area contributed by atoms with E-state index in [1.54, 1.807) is 24.3 Å². The minimum atomic E-state index is -0.470. The Labute approximate surface area is 124 Å². The summed E-state index contributed by atoms with van der Waals surface area (Å²) in [7, 11) is 0. The molecule has 7 heteroatoms. The Hall–Kier alpha value is -2.73. The molecule has 0 N–H and O–H groups in total. The predicted molar refractivity (Wildman–Crippen MR) is 77.7 cm³/mol. The Balaban J connectivity index is 2.12. The quantitative estimate of drug-likeness (QED) is 0.415. The van der Waals surface area contributed by atoms with Gasteiger partial charge in [-0.1, -0.05) is 11.6 Å². The second-order valence-corrected chi connectivity index (χ2v) is 4.54. The molecule has 0 unspecified atom stereocenters. The monoisotopic (exact) mass is 301 g/mol. The topological polar surface area (TPSA) is 78.2 Å². The van der Waals surface area contributed by atoms with Crippen LogP contribution in [0.3, 0.4) is 0 Å². The van der Waals surface area contributed by atoms with E-state index in [-0.39, 0.29) is 11.2 Å². The summed E-state index contributed by atoms with van der Waals surface area (Å²) in [6, 6.07) is 9.52. The highest BCUT2D eigenvalue weighted by Crippen LogP contribution is 2.34. The van der Waals surface area contributed by atoms with Crippen molar-refractivity contribution >= 4 is 28.2 Å². The lowest BCUT2D eigenvalue weighted by Gasteiger charge is -2.08. The van der Waals surface area contributed by atoms with Crippen LogP contribution < -0.4 is 4.74 Å². The number of nitrogens with zero attached hydrogens (tertiary/aromatic N) is 3. The average molecular weight is 302 g/mol. The maximum Gasteiger partial charge on any atom is 0.295 e. The Morgan fingerprint density at radius 2 is 2.00 bits per heavy atom. The molecule has 6 nitrogen and oxygen atoms in total. The number of halogens is 1. The van der Waals surface area contributed by atoms with Crippen LogP contribution in [0.1, 0.15) is 0 Å². The van der Waals surface area contributed by atoms with Gasteiger partial charge < -0.3 is 4.74 Å². The molecule has 0 saturated heterocycles. The molecule has 0 spiro atoms. The molecule has 0 aliphatic rings. The maximum atomic E-state index is 11.0. The van der Waals surface area contributed by atoms with E-state index in [0.29, 0.717) is 22.0 Å². The molecule has 0 amide bonds. The van der Waals surface area contributed by atoms with Crippen molar-refractivity contribution < 1.29 is 9.66 Å². The third-order valence-electron chi connectivity index (χ3n) is 2.83. The van der Waals surface area contributed by atoms with Crippen molar-refractivity contribution in [1.82, 2.24) is 9.97 Å². The zero-order valence-corrected chi connectivity index (χ0v) is 11.3. The van der Waals surface area contributed by atoms with Crippen molar-refractivity contribution in [2.24, 2.45) is 0 Å². The fourth-order valence-electron chi connectivity index (χ4n) is 1.94. The van der Waals surface area contributed by atoms with Crippen molar-refractivity contribution in [1.29, 1.82) is 0 Å². The molecule has 0 saturated carbocycles. The number of benzene rings is 1. The smallest absolute Gasteiger partial charge is 0.295 e. The number of aromatic nitrogens is 2. The van der Waals surface area contributed by atoms with E-state index in [4.69, 9.17) is 16.3 Å². The molecule has 0 fully saturated rings. The normalized spacial score (nSPS) is 10.5. The Bertz CT molecular complexity index is 839. The number of ether oxygens (including phenoxy) is 1. The van der Waals surface area contributed by atoms with Gasteiger partial charge in [0.25, 0.3) is 5.69 Å². The Morgan fingerprint density at radius 3 is 2.76 bits per heavy atom. The van der Waals surface area contributed by atoms with Crippen LogP contribution in [0.2, 0.25) is 5.15 Å². The fourth-order valence-corrected chi connectivity index (χ4v) is 2.11. The first-order chi connectivity index (χ1) is 10.1. The van der Waals surface area contributed by atoms with Gasteiger partial charge in [-0.2, -0.15) is 0 Å². The second-order valence-electron chi connectivity index (χ2n) is 4.16. The molecule has 0 aliphatic heterocycles. The number of non-ortho nitro benzene ring substituents is 1. The zero-order chi connectivity index (χ0) is 14.8. The van der Waals surface area contributed by atoms with Gasteiger partial charge in [0.15, 0.2) is 5.52 Å². The number of nitro benzene ring substituents is 1. The van der Waals surface area contributed by atoms with Crippen LogP contribution in [-0.4, -0.2) is 14.9 Å². The van der Waals surface area contributed by atoms with E-state index < -0.39 is 4.92 Å². The zero-order valence-electron chi connectivity index (χ0n) is 10.6. The van der Waals surface area contributed by atoms with E-state index in [1.807, 2.05) is 0 Å². The summed E-state index contributed by atoms with van der Waals surface area (Å²) < 4.78 is 5.72. The van der Waals surface area contributed by atoms with E-state index in [2.05, 4.69) is 9.97 Å². The first-order valence-electron chi connectivity index (χ1n) is 5.96. The molecule has 0 aliphatic carbocycles. The number of hydrogen-bond donors (Lipinski definition) is 0. The third-order valence-corrected chi connectivity index (χ3v) is 3.04. The van der Waals surface area contributed by atoms with Crippen molar-refractivity contribution in [2.75, 3.05) is 0 Å². The van der Waals surface area contributed by atoms with Gasteiger partial charge in [0.05, 0.1) is 4.92 Å². The van der Waals surface area contributed by atoms with Crippen LogP contribution in [0.5, 0.6) is 11.5 Å². The first kappa shape index (κ1) is 13.3. The van der Waals surface area contributed by atoms with Crippen LogP contribution in [0.25, 0.3) is 10.9 Å². The minimum Gasteiger partial charge on any atom is -0.456 e. The van der Waals surface area contributed by atoms with Gasteiger partial charge in [0.2, 0.25) is 0 Å². The molecule has 3 aromatic rings. The van der Waals surface area contributed by atoms with Gasteiger partial charge in [0, 0.05) is 29.9 Å². The number of nitro groups is 1. The van der Waals surface area contributed by atoms with Crippen LogP contribution in [0.4, 0.5) is 5.69 Å². The van der Waals surface area contributed by atoms with E-state index in [9.17, 15) is 10.1 Å². The summed E-state index contributed by atoms with van der Waals surface area (Å²) in [5, 5.41) is 11.9. The van der Waals surface area contributed by atoms with Gasteiger partial charge in [-0.3, -0.25) is 10.1 Å². The lowest BCUT2D eigenvalue weighted by molar-refractivity contribution is -0.383. The van der Waals surface area contributed by atoms with Gasteiger partial charge >= 0.3 is 0 Å². The van der Waals surface area contributed by atoms with Gasteiger partial charge in [-0.15, -0.1) is 0 Å². The van der Waals surface area contributed by atoms with Crippen molar-refractivity contribution in [3.8, 4) is 11.5 Å². The van der Waals surface area contributed by atoms with Gasteiger partial charge in [0.1, 0.15) is 16.7 Å². The Kier molecular flexibility index (Phi) is 3.37. The molecular weight excluding hydrogens is 294 g/mol. The summed E-state index contributed by atoms with van der Waals surface area (Å²) >= 11 is 5.80. The SMILES string of the molecule is O=[N+]([O-])c1ccc(Oc2ccnc(Cl)c2)c2cccnc12. The number of pyridine rings is 2. The van der Waals surface area contributed by atoms with Crippen LogP contribution in [0.15, 0.2) is 48.8 Å². The summed E-state index contributed by atoms with van der Waals surface area (Å²) in [6.45, 7) is 0. The molecule has 0 radical (unpaired) electrons. The lowest BCUT2D eigenvalue weighted by atomic mass is 10.1. The first-order valence-corrected chi connectivity index (χ1v) is 6.34. The van der Waals surface area contributed by atoms with Crippen molar-refractivity contribution in [3.05, 3.63) is 64.1 Å². The lowest BCUT2D eigenvalue weighted by Crippen LogP contribution is -1.93. The predicted octanol–water partition coefficient (Wildman–Crippen LogP) is 3.98. The molecule has 2 aromatic heterocycles. The van der Waals surface area contributed by atoms with E-state index >= 15 is 0 Å². The maximum absolute atomic E-state index is 11.0. The Morgan fingerprint density at radius 1 is 1.14 bits per heavy atom. The molecule has 21 heavy (non-hydrogen) atoms. The molecule has 104 valence electrons. The molecule has 0 bridgehead atoms. The van der Waals surface area contributed by atoms with Crippen LogP contribution in [0, 0.1) is 10.1 Å². The fraction of sp³-hybridized carbons (Fsp3) is 0. The summed E-state index contributed by atoms with van der Waals surface area (Å²) in [4.78, 5) is 18.5. The van der Waals surface area contributed by atoms with Gasteiger partial charge in [-0.25, -0.2) is 9.97 Å². The minimum absolute atomic E-state index is 0.0642. The number of hydrogen-bond acceptors (Lipinski definition) is 5. The third kappa shape index (κ3) is 2.61. The highest BCUT2D eigenvalue weighted by molar-refractivity contribution is 6.29. The van der Waals surface area contributed by atoms with Crippen LogP contribution >= 0.6 is 11.6 Å². The average Bonchev–Trinajstić information content (AvgIpc) is 2.47. The summed E-state index contributed by atoms with van der Waals surface area (Å²) in [6.07, 6.45) is 3.02. The van der Waals surface area contributed by atoms with Crippen molar-refractivity contribution in [2.45, 2.75) is 0 Å². The number of rotatable bonds is 3. The standard InChI is InChI=1S/C14H8ClN3O3/c15-13-8-9(5-7-16-13)21-12-4-3-11(18(19)20)14-10(12)2-1-6-17-14/h1-8H. The van der Waals surface area contributed by atoms with Crippen LogP contribution in [-0.2, 0) is 0 Å². The second kappa shape index (κ2) is 5.34. The summed E-state index contributed by atoms with van der Waals surface area (Å²) in [5.74, 6) is 0.958. The highest BCUT2D eigenvalue weighted by Gasteiger charge is 2.16. The number of fused-ring (bicyclic) bond motifs is 1. The van der Waals surface area contributed by atoms with Crippen molar-refractivity contribution in [3.63, 3.8) is 0 Å². The molecule has 0 atom stereocenters. The highest BCUT2D eigenvalue weighted by atomic mass is 35.5. The molecule has 3 rings (SSSR count). The summed E-state index contributed by atoms with van der Waals surface area (Å²) in [5.41, 5.74) is 0.214. The van der Waals surface area contributed by atoms with Gasteiger partial charge in [-0.05, 0) is 24.3 Å².